The van der Waals surface area contributed by atoms with Crippen molar-refractivity contribution < 1.29 is 41.0 Å². The molecule has 194 valence electrons. The van der Waals surface area contributed by atoms with Crippen LogP contribution in [-0.4, -0.2) is 83.8 Å². The number of ether oxygens (including phenoxy) is 2. The van der Waals surface area contributed by atoms with Gasteiger partial charge in [-0.25, -0.2) is 26.8 Å². The largest absolute Gasteiger partial charge is 0.449 e. The summed E-state index contributed by atoms with van der Waals surface area (Å²) in [5.74, 6) is 0. The van der Waals surface area contributed by atoms with E-state index in [4.69, 9.17) is 14.6 Å². The molecule has 14 nitrogen and oxygen atoms in total. The van der Waals surface area contributed by atoms with Crippen molar-refractivity contribution in [2.24, 2.45) is 5.14 Å². The summed E-state index contributed by atoms with van der Waals surface area (Å²) in [5.41, 5.74) is 0.162. The molecule has 1 amide bonds. The van der Waals surface area contributed by atoms with E-state index in [2.05, 4.69) is 4.84 Å². The molecule has 0 bridgehead atoms. The van der Waals surface area contributed by atoms with Gasteiger partial charge in [0.15, 0.2) is 0 Å². The predicted molar refractivity (Wildman–Crippen MR) is 120 cm³/mol. The number of carbonyl (C=O) groups excluding carboxylic acids is 1. The number of rotatable bonds is 13. The summed E-state index contributed by atoms with van der Waals surface area (Å²) >= 11 is 0.543. The Hall–Kier alpha value is -2.05. The number of fused-ring (bicyclic) bond motifs is 1. The molecule has 0 unspecified atom stereocenters. The smallest absolute Gasteiger partial charge is 0.410 e. The molecule has 1 aromatic rings. The van der Waals surface area contributed by atoms with Crippen LogP contribution in [0.15, 0.2) is 14.5 Å². The molecule has 0 spiro atoms. The van der Waals surface area contributed by atoms with E-state index in [1.165, 1.54) is 22.4 Å². The van der Waals surface area contributed by atoms with Crippen LogP contribution in [0.2, 0.25) is 0 Å². The van der Waals surface area contributed by atoms with Crippen LogP contribution < -0.4 is 5.14 Å². The molecule has 0 radical (unpaired) electrons. The van der Waals surface area contributed by atoms with Gasteiger partial charge >= 0.3 is 6.09 Å². The van der Waals surface area contributed by atoms with Crippen LogP contribution in [0, 0.1) is 10.1 Å². The second-order valence-corrected chi connectivity index (χ2v) is 12.2. The second-order valence-electron chi connectivity index (χ2n) is 7.24. The van der Waals surface area contributed by atoms with Gasteiger partial charge in [0.05, 0.1) is 19.3 Å². The molecule has 0 saturated heterocycles. The molecule has 1 atom stereocenters. The van der Waals surface area contributed by atoms with Gasteiger partial charge in [-0.15, -0.1) is 21.5 Å². The lowest BCUT2D eigenvalue weighted by atomic mass is 10.1. The van der Waals surface area contributed by atoms with E-state index >= 15 is 0 Å². The average Bonchev–Trinajstić information content (AvgIpc) is 3.21. The lowest BCUT2D eigenvalue weighted by Crippen LogP contribution is -2.47. The van der Waals surface area contributed by atoms with Crippen LogP contribution in [-0.2, 0) is 34.4 Å². The predicted octanol–water partition coefficient (Wildman–Crippen LogP) is 0.924. The standard InChI is InChI=1S/C17H28N4O10S3/c1-3-20(17(22)30-9-4-5-10-31-21(23)24)14-12-19(7-6-8-29-2)34(27,28)16-13(14)11-15(32-16)33(18,25)26/h11,14H,3-10,12H2,1-2H3,(H2,18,25,26)/t14-/m0/s1. The van der Waals surface area contributed by atoms with E-state index in [0.29, 0.717) is 37.2 Å². The first-order chi connectivity index (χ1) is 15.9. The Balaban J connectivity index is 2.27. The number of nitrogens with zero attached hydrogens (tertiary/aromatic N) is 3. The van der Waals surface area contributed by atoms with E-state index in [1.807, 2.05) is 0 Å². The number of carbonyl (C=O) groups is 1. The zero-order chi connectivity index (χ0) is 25.5. The van der Waals surface area contributed by atoms with E-state index < -0.39 is 37.3 Å². The molecule has 1 aliphatic rings. The van der Waals surface area contributed by atoms with E-state index in [0.717, 1.165) is 0 Å². The van der Waals surface area contributed by atoms with Gasteiger partial charge in [-0.2, -0.15) is 4.31 Å². The van der Waals surface area contributed by atoms with Gasteiger partial charge in [-0.3, -0.25) is 0 Å². The van der Waals surface area contributed by atoms with Crippen LogP contribution in [0.3, 0.4) is 0 Å². The number of likely N-dealkylation sites (N-methyl/N-ethyl adjacent to an activating group) is 1. The first-order valence-electron chi connectivity index (χ1n) is 10.3. The Morgan fingerprint density at radius 2 is 2.00 bits per heavy atom. The number of sulfonamides is 2. The monoisotopic (exact) mass is 544 g/mol. The highest BCUT2D eigenvalue weighted by Crippen LogP contribution is 2.42. The van der Waals surface area contributed by atoms with Crippen LogP contribution in [0.1, 0.15) is 37.8 Å². The van der Waals surface area contributed by atoms with Crippen molar-refractivity contribution in [3.05, 3.63) is 21.7 Å². The topological polar surface area (TPSA) is 189 Å². The summed E-state index contributed by atoms with van der Waals surface area (Å²) in [4.78, 5) is 28.5. The minimum atomic E-state index is -4.17. The zero-order valence-electron chi connectivity index (χ0n) is 18.7. The average molecular weight is 545 g/mol. The lowest BCUT2D eigenvalue weighted by Gasteiger charge is -2.37. The van der Waals surface area contributed by atoms with Crippen LogP contribution in [0.5, 0.6) is 0 Å². The van der Waals surface area contributed by atoms with Gasteiger partial charge in [0.1, 0.15) is 8.42 Å². The second kappa shape index (κ2) is 12.1. The summed E-state index contributed by atoms with van der Waals surface area (Å²) in [6.45, 7) is 2.00. The van der Waals surface area contributed by atoms with Crippen molar-refractivity contribution in [1.82, 2.24) is 9.21 Å². The highest BCUT2D eigenvalue weighted by Gasteiger charge is 2.43. The lowest BCUT2D eigenvalue weighted by molar-refractivity contribution is -0.757. The van der Waals surface area contributed by atoms with Crippen molar-refractivity contribution in [3.63, 3.8) is 0 Å². The number of primary sulfonamides is 1. The van der Waals surface area contributed by atoms with Gasteiger partial charge in [0.2, 0.25) is 10.0 Å². The molecule has 2 rings (SSSR count). The SMILES string of the molecule is CCN(C(=O)OCCCCO[N+](=O)[O-])[C@H]1CN(CCCOC)S(=O)(=O)c2sc(S(N)(=O)=O)cc21. The number of unbranched alkanes of at least 4 members (excludes halogenated alkanes) is 1. The minimum absolute atomic E-state index is 0.0299. The highest BCUT2D eigenvalue weighted by molar-refractivity contribution is 7.94. The highest BCUT2D eigenvalue weighted by atomic mass is 32.3. The third-order valence-electron chi connectivity index (χ3n) is 4.96. The fourth-order valence-corrected chi connectivity index (χ4v) is 7.66. The van der Waals surface area contributed by atoms with Gasteiger partial charge in [-0.05, 0) is 32.3 Å². The molecule has 1 aliphatic heterocycles. The number of hydrogen-bond acceptors (Lipinski definition) is 11. The normalized spacial score (nSPS) is 17.7. The zero-order valence-corrected chi connectivity index (χ0v) is 21.2. The van der Waals surface area contributed by atoms with Crippen molar-refractivity contribution >= 4 is 37.5 Å². The Morgan fingerprint density at radius 3 is 2.59 bits per heavy atom. The van der Waals surface area contributed by atoms with Crippen molar-refractivity contribution in [2.45, 2.75) is 40.6 Å². The summed E-state index contributed by atoms with van der Waals surface area (Å²) in [6, 6.07) is 0.387. The number of methoxy groups -OCH3 is 1. The Bertz CT molecular complexity index is 1070. The number of nitrogens with two attached hydrogens (primary N) is 1. The minimum Gasteiger partial charge on any atom is -0.449 e. The van der Waals surface area contributed by atoms with Gasteiger partial charge < -0.3 is 19.2 Å². The third-order valence-corrected chi connectivity index (χ3v) is 9.92. The summed E-state index contributed by atoms with van der Waals surface area (Å²) in [7, 11) is -6.69. The Labute approximate surface area is 201 Å². The number of amides is 1. The maximum atomic E-state index is 13.2. The quantitative estimate of drug-likeness (QED) is 0.212. The third kappa shape index (κ3) is 6.98. The number of thiophene rings is 1. The van der Waals surface area contributed by atoms with Crippen LogP contribution >= 0.6 is 11.3 Å². The van der Waals surface area contributed by atoms with Crippen LogP contribution in [0.4, 0.5) is 4.79 Å². The molecule has 17 heteroatoms. The summed E-state index contributed by atoms with van der Waals surface area (Å²) in [6.07, 6.45) is 0.280. The molecule has 0 fully saturated rings. The van der Waals surface area contributed by atoms with Gasteiger partial charge in [-0.1, -0.05) is 0 Å². The van der Waals surface area contributed by atoms with E-state index in [-0.39, 0.29) is 46.8 Å². The van der Waals surface area contributed by atoms with Crippen molar-refractivity contribution in [2.75, 3.05) is 46.6 Å². The molecular formula is C17H28N4O10S3. The molecular weight excluding hydrogens is 516 g/mol. The molecule has 1 aromatic heterocycles. The molecule has 2 N–H and O–H groups in total. The van der Waals surface area contributed by atoms with Crippen LogP contribution in [0.25, 0.3) is 0 Å². The maximum absolute atomic E-state index is 13.2. The maximum Gasteiger partial charge on any atom is 0.410 e. The summed E-state index contributed by atoms with van der Waals surface area (Å²) in [5, 5.41) is 14.5. The van der Waals surface area contributed by atoms with E-state index in [9.17, 15) is 31.7 Å². The fraction of sp³-hybridized carbons (Fsp3) is 0.706. The molecule has 0 saturated carbocycles. The summed E-state index contributed by atoms with van der Waals surface area (Å²) < 4.78 is 61.1. The first-order valence-corrected chi connectivity index (χ1v) is 14.1. The molecule has 0 aromatic carbocycles. The first kappa shape index (κ1) is 28.2. The molecule has 2 heterocycles. The Morgan fingerprint density at radius 1 is 1.32 bits per heavy atom. The van der Waals surface area contributed by atoms with E-state index in [1.54, 1.807) is 6.92 Å². The molecule has 0 aliphatic carbocycles. The molecule has 34 heavy (non-hydrogen) atoms. The van der Waals surface area contributed by atoms with Crippen molar-refractivity contribution in [1.29, 1.82) is 0 Å². The van der Waals surface area contributed by atoms with Gasteiger partial charge in [0, 0.05) is 38.9 Å². The number of hydrogen-bond donors (Lipinski definition) is 1. The fourth-order valence-electron chi connectivity index (χ4n) is 3.37. The van der Waals surface area contributed by atoms with Crippen molar-refractivity contribution in [3.8, 4) is 0 Å². The Kier molecular flexibility index (Phi) is 10.0. The van der Waals surface area contributed by atoms with Gasteiger partial charge in [0.25, 0.3) is 15.1 Å².